The number of ether oxygens (including phenoxy) is 1. The van der Waals surface area contributed by atoms with Gasteiger partial charge < -0.3 is 19.9 Å². The minimum absolute atomic E-state index is 0.0850. The summed E-state index contributed by atoms with van der Waals surface area (Å²) in [5.41, 5.74) is 1.80. The summed E-state index contributed by atoms with van der Waals surface area (Å²) in [5, 5.41) is 3.01. The van der Waals surface area contributed by atoms with E-state index in [0.29, 0.717) is 24.5 Å². The number of carbonyl (C=O) groups is 1. The third kappa shape index (κ3) is 6.94. The molecule has 5 heteroatoms. The van der Waals surface area contributed by atoms with Crippen LogP contribution in [0, 0.1) is 0 Å². The van der Waals surface area contributed by atoms with Crippen molar-refractivity contribution < 1.29 is 9.53 Å². The molecule has 1 amide bonds. The van der Waals surface area contributed by atoms with Gasteiger partial charge in [-0.3, -0.25) is 4.79 Å². The number of nitrogens with one attached hydrogen (secondary N) is 1. The lowest BCUT2D eigenvalue weighted by molar-refractivity contribution is 0.0949. The number of benzene rings is 2. The molecular weight excluding hydrogens is 338 g/mol. The summed E-state index contributed by atoms with van der Waals surface area (Å²) in [6.45, 7) is 5.99. The molecule has 0 radical (unpaired) electrons. The third-order valence-electron chi connectivity index (χ3n) is 4.32. The molecule has 0 saturated heterocycles. The Morgan fingerprint density at radius 3 is 2.41 bits per heavy atom. The summed E-state index contributed by atoms with van der Waals surface area (Å²) in [6, 6.07) is 17.8. The molecule has 0 bridgehead atoms. The van der Waals surface area contributed by atoms with Gasteiger partial charge in [-0.15, -0.1) is 0 Å². The molecule has 0 aliphatic rings. The van der Waals surface area contributed by atoms with Gasteiger partial charge in [-0.25, -0.2) is 0 Å². The number of likely N-dealkylation sites (N-methyl/N-ethyl adjacent to an activating group) is 1. The van der Waals surface area contributed by atoms with Crippen molar-refractivity contribution in [2.24, 2.45) is 0 Å². The Morgan fingerprint density at radius 2 is 1.70 bits per heavy atom. The van der Waals surface area contributed by atoms with Crippen LogP contribution in [-0.4, -0.2) is 57.7 Å². The topological polar surface area (TPSA) is 44.8 Å². The first kappa shape index (κ1) is 20.8. The zero-order valence-electron chi connectivity index (χ0n) is 16.6. The summed E-state index contributed by atoms with van der Waals surface area (Å²) >= 11 is 0. The van der Waals surface area contributed by atoms with E-state index in [-0.39, 0.29) is 5.91 Å². The van der Waals surface area contributed by atoms with Crippen LogP contribution in [-0.2, 0) is 0 Å². The van der Waals surface area contributed by atoms with E-state index in [9.17, 15) is 4.79 Å². The molecule has 0 aliphatic heterocycles. The van der Waals surface area contributed by atoms with Crippen molar-refractivity contribution in [1.29, 1.82) is 0 Å². The molecular formula is C22H31N3O2. The molecule has 0 spiro atoms. The SMILES string of the molecule is CCN(CCCNC(=O)c1ccccc1OCCN(C)C)c1ccccc1. The second kappa shape index (κ2) is 11.2. The van der Waals surface area contributed by atoms with Gasteiger partial charge in [0, 0.05) is 31.9 Å². The van der Waals surface area contributed by atoms with Gasteiger partial charge in [0.15, 0.2) is 0 Å². The molecule has 0 aromatic heterocycles. The monoisotopic (exact) mass is 369 g/mol. The van der Waals surface area contributed by atoms with Gasteiger partial charge in [0.1, 0.15) is 12.4 Å². The molecule has 0 fully saturated rings. The second-order valence-corrected chi connectivity index (χ2v) is 6.67. The van der Waals surface area contributed by atoms with Crippen molar-refractivity contribution in [2.75, 3.05) is 51.8 Å². The molecule has 1 N–H and O–H groups in total. The van der Waals surface area contributed by atoms with Gasteiger partial charge in [-0.05, 0) is 51.7 Å². The fourth-order valence-corrected chi connectivity index (χ4v) is 2.79. The van der Waals surface area contributed by atoms with Crippen molar-refractivity contribution in [3.05, 3.63) is 60.2 Å². The van der Waals surface area contributed by atoms with Crippen LogP contribution in [0.5, 0.6) is 5.75 Å². The lowest BCUT2D eigenvalue weighted by atomic mass is 10.2. The highest BCUT2D eigenvalue weighted by Gasteiger charge is 2.12. The maximum Gasteiger partial charge on any atom is 0.255 e. The van der Waals surface area contributed by atoms with E-state index in [0.717, 1.165) is 26.1 Å². The largest absolute Gasteiger partial charge is 0.491 e. The maximum absolute atomic E-state index is 12.5. The van der Waals surface area contributed by atoms with Crippen molar-refractivity contribution in [2.45, 2.75) is 13.3 Å². The van der Waals surface area contributed by atoms with Gasteiger partial charge >= 0.3 is 0 Å². The van der Waals surface area contributed by atoms with Gasteiger partial charge in [-0.2, -0.15) is 0 Å². The average Bonchev–Trinajstić information content (AvgIpc) is 2.68. The number of nitrogens with zero attached hydrogens (tertiary/aromatic N) is 2. The predicted molar refractivity (Wildman–Crippen MR) is 112 cm³/mol. The van der Waals surface area contributed by atoms with E-state index in [1.165, 1.54) is 5.69 Å². The molecule has 0 aliphatic carbocycles. The first-order valence-electron chi connectivity index (χ1n) is 9.56. The minimum Gasteiger partial charge on any atom is -0.491 e. The zero-order valence-corrected chi connectivity index (χ0v) is 16.6. The summed E-state index contributed by atoms with van der Waals surface area (Å²) in [7, 11) is 3.99. The van der Waals surface area contributed by atoms with Crippen LogP contribution in [0.3, 0.4) is 0 Å². The Labute approximate surface area is 162 Å². The van der Waals surface area contributed by atoms with E-state index in [1.807, 2.05) is 56.6 Å². The number of carbonyl (C=O) groups excluding carboxylic acids is 1. The Morgan fingerprint density at radius 1 is 1.00 bits per heavy atom. The summed E-state index contributed by atoms with van der Waals surface area (Å²) in [6.07, 6.45) is 0.887. The van der Waals surface area contributed by atoms with Crippen molar-refractivity contribution in [3.8, 4) is 5.75 Å². The highest BCUT2D eigenvalue weighted by atomic mass is 16.5. The predicted octanol–water partition coefficient (Wildman–Crippen LogP) is 3.27. The maximum atomic E-state index is 12.5. The zero-order chi connectivity index (χ0) is 19.5. The van der Waals surface area contributed by atoms with Crippen LogP contribution in [0.25, 0.3) is 0 Å². The van der Waals surface area contributed by atoms with E-state index in [4.69, 9.17) is 4.74 Å². The van der Waals surface area contributed by atoms with Gasteiger partial charge in [0.05, 0.1) is 5.56 Å². The highest BCUT2D eigenvalue weighted by Crippen LogP contribution is 2.18. The summed E-state index contributed by atoms with van der Waals surface area (Å²) in [5.74, 6) is 0.550. The van der Waals surface area contributed by atoms with Crippen molar-refractivity contribution in [3.63, 3.8) is 0 Å². The third-order valence-corrected chi connectivity index (χ3v) is 4.32. The molecule has 27 heavy (non-hydrogen) atoms. The average molecular weight is 370 g/mol. The molecule has 0 unspecified atom stereocenters. The summed E-state index contributed by atoms with van der Waals surface area (Å²) < 4.78 is 5.78. The molecule has 0 atom stereocenters. The number of amides is 1. The molecule has 0 heterocycles. The first-order chi connectivity index (χ1) is 13.1. The normalized spacial score (nSPS) is 10.7. The molecule has 5 nitrogen and oxygen atoms in total. The lowest BCUT2D eigenvalue weighted by Gasteiger charge is -2.23. The number of hydrogen-bond donors (Lipinski definition) is 1. The fraction of sp³-hybridized carbons (Fsp3) is 0.409. The van der Waals surface area contributed by atoms with Crippen LogP contribution in [0.1, 0.15) is 23.7 Å². The van der Waals surface area contributed by atoms with Crippen LogP contribution >= 0.6 is 0 Å². The standard InChI is InChI=1S/C22H31N3O2/c1-4-25(19-11-6-5-7-12-19)16-10-15-23-22(26)20-13-8-9-14-21(20)27-18-17-24(2)3/h5-9,11-14H,4,10,15-18H2,1-3H3,(H,23,26). The molecule has 0 saturated carbocycles. The number of hydrogen-bond acceptors (Lipinski definition) is 4. The second-order valence-electron chi connectivity index (χ2n) is 6.67. The van der Waals surface area contributed by atoms with Crippen molar-refractivity contribution in [1.82, 2.24) is 10.2 Å². The quantitative estimate of drug-likeness (QED) is 0.618. The number of para-hydroxylation sites is 2. The number of anilines is 1. The Balaban J connectivity index is 1.82. The van der Waals surface area contributed by atoms with E-state index < -0.39 is 0 Å². The molecule has 2 rings (SSSR count). The summed E-state index contributed by atoms with van der Waals surface area (Å²) in [4.78, 5) is 16.9. The smallest absolute Gasteiger partial charge is 0.255 e. The Bertz CT molecular complexity index is 689. The molecule has 146 valence electrons. The van der Waals surface area contributed by atoms with Crippen LogP contribution < -0.4 is 15.0 Å². The van der Waals surface area contributed by atoms with E-state index >= 15 is 0 Å². The number of rotatable bonds is 11. The molecule has 2 aromatic rings. The van der Waals surface area contributed by atoms with Gasteiger partial charge in [0.2, 0.25) is 0 Å². The van der Waals surface area contributed by atoms with Crippen molar-refractivity contribution >= 4 is 11.6 Å². The highest BCUT2D eigenvalue weighted by molar-refractivity contribution is 5.96. The van der Waals surface area contributed by atoms with Gasteiger partial charge in [0.25, 0.3) is 5.91 Å². The van der Waals surface area contributed by atoms with E-state index in [1.54, 1.807) is 0 Å². The first-order valence-corrected chi connectivity index (χ1v) is 9.56. The minimum atomic E-state index is -0.0850. The van der Waals surface area contributed by atoms with E-state index in [2.05, 4.69) is 34.2 Å². The Hall–Kier alpha value is -2.53. The van der Waals surface area contributed by atoms with Crippen LogP contribution in [0.15, 0.2) is 54.6 Å². The lowest BCUT2D eigenvalue weighted by Crippen LogP contribution is -2.30. The fourth-order valence-electron chi connectivity index (χ4n) is 2.79. The molecule has 2 aromatic carbocycles. The Kier molecular flexibility index (Phi) is 8.65. The van der Waals surface area contributed by atoms with Gasteiger partial charge in [-0.1, -0.05) is 30.3 Å². The van der Waals surface area contributed by atoms with Crippen LogP contribution in [0.4, 0.5) is 5.69 Å². The van der Waals surface area contributed by atoms with Crippen LogP contribution in [0.2, 0.25) is 0 Å².